The van der Waals surface area contributed by atoms with E-state index in [9.17, 15) is 28.8 Å². The number of benzene rings is 1. The second kappa shape index (κ2) is 13.2. The molecule has 0 radical (unpaired) electrons. The van der Waals surface area contributed by atoms with Crippen LogP contribution in [0.3, 0.4) is 0 Å². The van der Waals surface area contributed by atoms with Gasteiger partial charge in [0.15, 0.2) is 0 Å². The highest BCUT2D eigenvalue weighted by Crippen LogP contribution is 2.19. The van der Waals surface area contributed by atoms with Gasteiger partial charge in [0, 0.05) is 30.4 Å². The van der Waals surface area contributed by atoms with Crippen molar-refractivity contribution in [1.29, 1.82) is 0 Å². The summed E-state index contributed by atoms with van der Waals surface area (Å²) in [6.45, 7) is 6.96. The standard InChI is InChI=1S/C25H35N7O6/c1-12(21(26)34)28-22(35)13(2)29-23(36)14(3)30-24(37)15(4)31-25(38)20(32-16(5)33)10-17-11-27-19-9-7-6-8-18(17)19/h6-9,11-15,20,27H,10H2,1-5H3,(H2,26,34)(H,28,35)(H,29,36)(H,30,37)(H,31,38)(H,32,33)/t12-,13-,14-,15-,20-/m0/s1. The molecular weight excluding hydrogens is 494 g/mol. The molecule has 0 bridgehead atoms. The number of nitrogens with two attached hydrogens (primary N) is 1. The molecule has 13 nitrogen and oxygen atoms in total. The van der Waals surface area contributed by atoms with Crippen molar-refractivity contribution in [3.05, 3.63) is 36.0 Å². The van der Waals surface area contributed by atoms with E-state index in [0.29, 0.717) is 0 Å². The minimum atomic E-state index is -1.04. The Morgan fingerprint density at radius 1 is 0.737 bits per heavy atom. The molecule has 0 saturated carbocycles. The smallest absolute Gasteiger partial charge is 0.243 e. The van der Waals surface area contributed by atoms with Crippen molar-refractivity contribution in [2.45, 2.75) is 71.2 Å². The Kier molecular flexibility index (Phi) is 10.4. The number of carbonyl (C=O) groups is 6. The number of primary amides is 1. The number of aromatic nitrogens is 1. The van der Waals surface area contributed by atoms with Gasteiger partial charge in [-0.05, 0) is 39.3 Å². The molecule has 206 valence electrons. The van der Waals surface area contributed by atoms with Crippen molar-refractivity contribution < 1.29 is 28.8 Å². The van der Waals surface area contributed by atoms with Crippen LogP contribution < -0.4 is 32.3 Å². The topological polar surface area (TPSA) is 204 Å². The van der Waals surface area contributed by atoms with Crippen molar-refractivity contribution >= 4 is 46.3 Å². The molecule has 0 saturated heterocycles. The number of hydrogen-bond acceptors (Lipinski definition) is 6. The highest BCUT2D eigenvalue weighted by Gasteiger charge is 2.27. The molecule has 1 heterocycles. The molecule has 1 aromatic carbocycles. The predicted octanol–water partition coefficient (Wildman–Crippen LogP) is -1.28. The second-order valence-electron chi connectivity index (χ2n) is 9.14. The first kappa shape index (κ1) is 29.8. The first-order valence-electron chi connectivity index (χ1n) is 12.1. The van der Waals surface area contributed by atoms with Crippen LogP contribution in [0.2, 0.25) is 0 Å². The van der Waals surface area contributed by atoms with Crippen LogP contribution in [0.15, 0.2) is 30.5 Å². The number of hydrogen-bond donors (Lipinski definition) is 7. The van der Waals surface area contributed by atoms with Crippen LogP contribution in [0.1, 0.15) is 40.2 Å². The van der Waals surface area contributed by atoms with E-state index in [4.69, 9.17) is 5.73 Å². The normalized spacial score (nSPS) is 14.8. The van der Waals surface area contributed by atoms with Crippen molar-refractivity contribution in [1.82, 2.24) is 31.6 Å². The fourth-order valence-corrected chi connectivity index (χ4v) is 3.57. The summed E-state index contributed by atoms with van der Waals surface area (Å²) in [5.74, 6) is -3.62. The van der Waals surface area contributed by atoms with Crippen LogP contribution in [-0.2, 0) is 35.2 Å². The summed E-state index contributed by atoms with van der Waals surface area (Å²) in [6.07, 6.45) is 1.95. The average molecular weight is 530 g/mol. The molecule has 0 aliphatic rings. The number of fused-ring (bicyclic) bond motifs is 1. The van der Waals surface area contributed by atoms with Gasteiger partial charge in [-0.1, -0.05) is 18.2 Å². The van der Waals surface area contributed by atoms with Crippen molar-refractivity contribution in [2.24, 2.45) is 5.73 Å². The summed E-state index contributed by atoms with van der Waals surface area (Å²) in [4.78, 5) is 76.1. The van der Waals surface area contributed by atoms with E-state index in [1.54, 1.807) is 6.20 Å². The van der Waals surface area contributed by atoms with Gasteiger partial charge in [-0.2, -0.15) is 0 Å². The van der Waals surface area contributed by atoms with Crippen molar-refractivity contribution in [2.75, 3.05) is 0 Å². The molecule has 0 unspecified atom stereocenters. The Bertz CT molecular complexity index is 1210. The summed E-state index contributed by atoms with van der Waals surface area (Å²) in [6, 6.07) is 2.61. The number of aromatic amines is 1. The lowest BCUT2D eigenvalue weighted by Gasteiger charge is -2.23. The third kappa shape index (κ3) is 8.32. The Hall–Kier alpha value is -4.42. The van der Waals surface area contributed by atoms with Gasteiger partial charge in [0.2, 0.25) is 35.4 Å². The summed E-state index contributed by atoms with van der Waals surface area (Å²) in [5.41, 5.74) is 6.82. The molecule has 1 aromatic heterocycles. The van der Waals surface area contributed by atoms with E-state index < -0.39 is 65.7 Å². The van der Waals surface area contributed by atoms with E-state index >= 15 is 0 Å². The Morgan fingerprint density at radius 3 is 1.71 bits per heavy atom. The Morgan fingerprint density at radius 2 is 1.21 bits per heavy atom. The number of H-pyrrole nitrogens is 1. The van der Waals surface area contributed by atoms with Gasteiger partial charge in [0.25, 0.3) is 0 Å². The van der Waals surface area contributed by atoms with E-state index in [-0.39, 0.29) is 6.42 Å². The second-order valence-corrected chi connectivity index (χ2v) is 9.14. The zero-order valence-corrected chi connectivity index (χ0v) is 22.0. The molecule has 0 fully saturated rings. The van der Waals surface area contributed by atoms with E-state index in [1.165, 1.54) is 34.6 Å². The SMILES string of the molecule is CC(=O)N[C@@H](Cc1c[nH]c2ccccc12)C(=O)N[C@@H](C)C(=O)N[C@@H](C)C(=O)N[C@@H](C)C(=O)N[C@@H](C)C(N)=O. The summed E-state index contributed by atoms with van der Waals surface area (Å²) >= 11 is 0. The quantitative estimate of drug-likeness (QED) is 0.178. The van der Waals surface area contributed by atoms with Crippen LogP contribution >= 0.6 is 0 Å². The Labute approximate surface area is 220 Å². The van der Waals surface area contributed by atoms with Gasteiger partial charge in [-0.25, -0.2) is 0 Å². The Balaban J connectivity index is 1.95. The van der Waals surface area contributed by atoms with Crippen LogP contribution in [0.5, 0.6) is 0 Å². The monoisotopic (exact) mass is 529 g/mol. The molecule has 0 aliphatic heterocycles. The van der Waals surface area contributed by atoms with Gasteiger partial charge in [-0.15, -0.1) is 0 Å². The minimum Gasteiger partial charge on any atom is -0.368 e. The number of carbonyl (C=O) groups excluding carboxylic acids is 6. The fraction of sp³-hybridized carbons (Fsp3) is 0.440. The lowest BCUT2D eigenvalue weighted by molar-refractivity contribution is -0.134. The first-order chi connectivity index (χ1) is 17.8. The number of para-hydroxylation sites is 1. The maximum absolute atomic E-state index is 13.0. The van der Waals surface area contributed by atoms with Crippen LogP contribution in [-0.4, -0.2) is 70.6 Å². The lowest BCUT2D eigenvalue weighted by Crippen LogP contribution is -2.57. The van der Waals surface area contributed by atoms with E-state index in [0.717, 1.165) is 16.5 Å². The van der Waals surface area contributed by atoms with Crippen LogP contribution in [0.4, 0.5) is 0 Å². The minimum absolute atomic E-state index is 0.191. The molecule has 5 atom stereocenters. The van der Waals surface area contributed by atoms with Crippen molar-refractivity contribution in [3.63, 3.8) is 0 Å². The number of nitrogens with one attached hydrogen (secondary N) is 6. The number of rotatable bonds is 12. The van der Waals surface area contributed by atoms with Crippen LogP contribution in [0.25, 0.3) is 10.9 Å². The van der Waals surface area contributed by atoms with Crippen molar-refractivity contribution in [3.8, 4) is 0 Å². The van der Waals surface area contributed by atoms with E-state index in [1.807, 2.05) is 24.3 Å². The predicted molar refractivity (Wildman–Crippen MR) is 139 cm³/mol. The average Bonchev–Trinajstić information content (AvgIpc) is 3.25. The number of amides is 6. The van der Waals surface area contributed by atoms with Gasteiger partial charge in [-0.3, -0.25) is 28.8 Å². The molecular formula is C25H35N7O6. The van der Waals surface area contributed by atoms with Gasteiger partial charge >= 0.3 is 0 Å². The van der Waals surface area contributed by atoms with Gasteiger partial charge in [0.1, 0.15) is 30.2 Å². The lowest BCUT2D eigenvalue weighted by atomic mass is 10.0. The molecule has 38 heavy (non-hydrogen) atoms. The largest absolute Gasteiger partial charge is 0.368 e. The molecule has 13 heteroatoms. The summed E-state index contributed by atoms with van der Waals surface area (Å²) in [7, 11) is 0. The first-order valence-corrected chi connectivity index (χ1v) is 12.1. The zero-order valence-electron chi connectivity index (χ0n) is 22.0. The molecule has 2 rings (SSSR count). The van der Waals surface area contributed by atoms with Gasteiger partial charge < -0.3 is 37.3 Å². The maximum Gasteiger partial charge on any atom is 0.243 e. The van der Waals surface area contributed by atoms with Gasteiger partial charge in [0.05, 0.1) is 0 Å². The van der Waals surface area contributed by atoms with E-state index in [2.05, 4.69) is 31.6 Å². The molecule has 0 spiro atoms. The summed E-state index contributed by atoms with van der Waals surface area (Å²) < 4.78 is 0. The summed E-state index contributed by atoms with van der Waals surface area (Å²) in [5, 5.41) is 13.4. The highest BCUT2D eigenvalue weighted by atomic mass is 16.2. The zero-order chi connectivity index (χ0) is 28.6. The highest BCUT2D eigenvalue weighted by molar-refractivity contribution is 5.96. The molecule has 8 N–H and O–H groups in total. The third-order valence-electron chi connectivity index (χ3n) is 5.83. The maximum atomic E-state index is 13.0. The molecule has 0 aliphatic carbocycles. The third-order valence-corrected chi connectivity index (χ3v) is 5.83. The van der Waals surface area contributed by atoms with Crippen LogP contribution in [0, 0.1) is 0 Å². The molecule has 6 amide bonds. The molecule has 2 aromatic rings. The fourth-order valence-electron chi connectivity index (χ4n) is 3.57.